The van der Waals surface area contributed by atoms with Gasteiger partial charge >= 0.3 is 29.6 Å². The molecule has 0 rings (SSSR count). The summed E-state index contributed by atoms with van der Waals surface area (Å²) in [6.45, 7) is -5.78. The maximum absolute atomic E-state index is 9.46. The largest absolute Gasteiger partial charge is 1.00 e. The Kier molecular flexibility index (Phi) is 4.76. The number of carbonyl (C=O) groups excluding carboxylic acids is 1. The molecular formula is C4H7NaO4. The molecule has 0 aliphatic rings. The normalized spacial score (nSPS) is 18.2. The van der Waals surface area contributed by atoms with Gasteiger partial charge in [0.1, 0.15) is 0 Å². The Morgan fingerprint density at radius 2 is 1.78 bits per heavy atom. The molecular weight excluding hydrogens is 136 g/mol. The zero-order valence-electron chi connectivity index (χ0n) is 10.7. The second-order valence-electron chi connectivity index (χ2n) is 0.593. The van der Waals surface area contributed by atoms with Crippen LogP contribution in [0.25, 0.3) is 0 Å². The molecule has 0 aliphatic carbocycles. The van der Waals surface area contributed by atoms with Crippen molar-refractivity contribution in [3.8, 4) is 0 Å². The minimum absolute atomic E-state index is 0. The Morgan fingerprint density at radius 1 is 1.56 bits per heavy atom. The van der Waals surface area contributed by atoms with Crippen LogP contribution in [0, 0.1) is 0 Å². The van der Waals surface area contributed by atoms with Crippen LogP contribution in [-0.4, -0.2) is 17.0 Å². The molecule has 1 N–H and O–H groups in total. The molecule has 0 aromatic carbocycles. The van der Waals surface area contributed by atoms with Crippen LogP contribution >= 0.6 is 0 Å². The van der Waals surface area contributed by atoms with Crippen LogP contribution in [0.15, 0.2) is 0 Å². The maximum atomic E-state index is 9.46. The van der Waals surface area contributed by atoms with Crippen molar-refractivity contribution >= 4 is 11.9 Å². The third kappa shape index (κ3) is 77800. The van der Waals surface area contributed by atoms with Gasteiger partial charge < -0.3 is 15.0 Å². The topological polar surface area (TPSA) is 77.4 Å². The predicted molar refractivity (Wildman–Crippen MR) is 24.0 cm³/mol. The third-order valence-corrected chi connectivity index (χ3v) is 0. The van der Waals surface area contributed by atoms with E-state index in [9.17, 15) is 14.7 Å². The quantitative estimate of drug-likeness (QED) is 0.280. The molecule has 0 aliphatic heterocycles. The summed E-state index contributed by atoms with van der Waals surface area (Å²) in [5.74, 6) is -3.76. The smallest absolute Gasteiger partial charge is 0.550 e. The van der Waals surface area contributed by atoms with Crippen LogP contribution in [0.2, 0.25) is 0 Å². The van der Waals surface area contributed by atoms with Crippen molar-refractivity contribution in [1.29, 1.82) is 0 Å². The molecule has 0 unspecified atom stereocenters. The number of hydrogen-bond acceptors (Lipinski definition) is 3. The van der Waals surface area contributed by atoms with Crippen LogP contribution < -0.4 is 34.7 Å². The number of carboxylic acid groups (broad SMARTS) is 2. The first-order chi connectivity index (χ1) is 5.89. The number of aliphatic carboxylic acids is 2. The zero-order valence-corrected chi connectivity index (χ0v) is 6.67. The van der Waals surface area contributed by atoms with Crippen LogP contribution in [0.4, 0.5) is 0 Å². The Morgan fingerprint density at radius 3 is 1.78 bits per heavy atom. The van der Waals surface area contributed by atoms with Crippen molar-refractivity contribution in [2.45, 2.75) is 13.7 Å². The Labute approximate surface area is 83.6 Å². The zero-order chi connectivity index (χ0) is 12.2. The van der Waals surface area contributed by atoms with Crippen LogP contribution in [0.3, 0.4) is 0 Å². The number of carbonyl (C=O) groups is 2. The Bertz CT molecular complexity index is 196. The van der Waals surface area contributed by atoms with Crippen LogP contribution in [0.5, 0.6) is 0 Å². The van der Waals surface area contributed by atoms with Crippen molar-refractivity contribution < 1.29 is 57.6 Å². The summed E-state index contributed by atoms with van der Waals surface area (Å²) in [5.41, 5.74) is 0. The summed E-state index contributed by atoms with van der Waals surface area (Å²) in [7, 11) is 0. The summed E-state index contributed by atoms with van der Waals surface area (Å²) in [5, 5.41) is 17.0. The van der Waals surface area contributed by atoms with E-state index in [0.29, 0.717) is 0 Å². The molecule has 5 heteroatoms. The molecule has 0 atom stereocenters. The van der Waals surface area contributed by atoms with Gasteiger partial charge in [0.15, 0.2) is 0 Å². The molecule has 0 aromatic rings. The van der Waals surface area contributed by atoms with E-state index in [1.807, 2.05) is 0 Å². The summed E-state index contributed by atoms with van der Waals surface area (Å²) in [6.07, 6.45) is 0. The standard InChI is InChI=1S/2C2H4O2.Na/c2*1-2(3)4;/h2*1H3,(H,3,4);/q;;+1/p-1/i1+1D3;1D3;. The second-order valence-corrected chi connectivity index (χ2v) is 0.593. The van der Waals surface area contributed by atoms with Gasteiger partial charge in [0, 0.05) is 21.0 Å². The SMILES string of the molecule is [2H]C([2H])([2H])C(=O)[O-].[2H][13C]([2H])([2H])C(=O)O.[Na+]. The van der Waals surface area contributed by atoms with Crippen molar-refractivity contribution in [1.82, 2.24) is 0 Å². The van der Waals surface area contributed by atoms with Crippen molar-refractivity contribution in [2.24, 2.45) is 0 Å². The fourth-order valence-electron chi connectivity index (χ4n) is 0. The first-order valence-electron chi connectivity index (χ1n) is 4.34. The van der Waals surface area contributed by atoms with E-state index < -0.39 is 25.6 Å². The summed E-state index contributed by atoms with van der Waals surface area (Å²) in [4.78, 5) is 18.8. The van der Waals surface area contributed by atoms with Crippen LogP contribution in [0.1, 0.15) is 21.9 Å². The molecule has 0 amide bonds. The van der Waals surface area contributed by atoms with Crippen molar-refractivity contribution in [3.05, 3.63) is 0 Å². The minimum Gasteiger partial charge on any atom is -0.550 e. The molecule has 0 heterocycles. The molecule has 0 fully saturated rings. The van der Waals surface area contributed by atoms with Gasteiger partial charge in [-0.3, -0.25) is 4.79 Å². The summed E-state index contributed by atoms with van der Waals surface area (Å²) < 4.78 is 36.5. The Balaban J connectivity index is -0.000000180. The van der Waals surface area contributed by atoms with E-state index in [1.165, 1.54) is 0 Å². The van der Waals surface area contributed by atoms with E-state index in [1.54, 1.807) is 0 Å². The van der Waals surface area contributed by atoms with Crippen molar-refractivity contribution in [3.63, 3.8) is 0 Å². The van der Waals surface area contributed by atoms with Gasteiger partial charge in [0.25, 0.3) is 5.97 Å². The van der Waals surface area contributed by atoms with Gasteiger partial charge in [-0.15, -0.1) is 0 Å². The fourth-order valence-corrected chi connectivity index (χ4v) is 0. The molecule has 0 radical (unpaired) electrons. The van der Waals surface area contributed by atoms with Gasteiger partial charge in [0.2, 0.25) is 0 Å². The summed E-state index contributed by atoms with van der Waals surface area (Å²) in [6, 6.07) is 0. The van der Waals surface area contributed by atoms with Gasteiger partial charge in [-0.05, 0) is 6.85 Å². The van der Waals surface area contributed by atoms with Gasteiger partial charge in [0.05, 0.1) is 0 Å². The molecule has 48 valence electrons. The predicted octanol–water partition coefficient (Wildman–Crippen LogP) is -4.15. The summed E-state index contributed by atoms with van der Waals surface area (Å²) >= 11 is 0. The third-order valence-electron chi connectivity index (χ3n) is 0. The monoisotopic (exact) mass is 149 g/mol. The molecule has 4 nitrogen and oxygen atoms in total. The van der Waals surface area contributed by atoms with Crippen LogP contribution in [-0.2, 0) is 9.59 Å². The molecule has 0 bridgehead atoms. The minimum atomic E-state index is -2.94. The number of rotatable bonds is 0. The van der Waals surface area contributed by atoms with E-state index in [-0.39, 0.29) is 29.6 Å². The fraction of sp³-hybridized carbons (Fsp3) is 0.500. The van der Waals surface area contributed by atoms with Crippen molar-refractivity contribution in [2.75, 3.05) is 0 Å². The second kappa shape index (κ2) is 10.8. The Hall–Kier alpha value is -0.0600. The molecule has 9 heavy (non-hydrogen) atoms. The average molecular weight is 149 g/mol. The van der Waals surface area contributed by atoms with E-state index in [0.717, 1.165) is 0 Å². The van der Waals surface area contributed by atoms with Gasteiger partial charge in [-0.2, -0.15) is 0 Å². The molecule has 0 aromatic heterocycles. The number of carboxylic acids is 2. The first kappa shape index (κ1) is 3.95. The van der Waals surface area contributed by atoms with E-state index >= 15 is 0 Å². The maximum Gasteiger partial charge on any atom is 1.00 e. The van der Waals surface area contributed by atoms with E-state index in [4.69, 9.17) is 13.3 Å². The molecule has 0 saturated carbocycles. The van der Waals surface area contributed by atoms with E-state index in [2.05, 4.69) is 0 Å². The first-order valence-corrected chi connectivity index (χ1v) is 1.34. The molecule has 0 saturated heterocycles. The van der Waals surface area contributed by atoms with Gasteiger partial charge in [-0.25, -0.2) is 0 Å². The molecule has 0 spiro atoms. The average Bonchev–Trinajstić information content (AvgIpc) is 1.83. The number of hydrogen-bond donors (Lipinski definition) is 1. The van der Waals surface area contributed by atoms with Gasteiger partial charge in [-0.1, -0.05) is 0 Å².